The molecule has 1 N–H and O–H groups in total. The first-order valence-electron chi connectivity index (χ1n) is 7.46. The summed E-state index contributed by atoms with van der Waals surface area (Å²) in [7, 11) is 1.37. The molecule has 136 valence electrons. The highest BCUT2D eigenvalue weighted by molar-refractivity contribution is 7.10. The van der Waals surface area contributed by atoms with Crippen LogP contribution < -0.4 is 10.1 Å². The van der Waals surface area contributed by atoms with Crippen molar-refractivity contribution in [2.75, 3.05) is 12.4 Å². The number of nitro benzene ring substituents is 1. The lowest BCUT2D eigenvalue weighted by Gasteiger charge is -2.14. The van der Waals surface area contributed by atoms with Crippen molar-refractivity contribution >= 4 is 40.7 Å². The number of carbonyl (C=O) groups is 2. The zero-order valence-electron chi connectivity index (χ0n) is 14.0. The highest BCUT2D eigenvalue weighted by Crippen LogP contribution is 2.29. The standard InChI is InChI=1S/C17H16N2O6S/c1-11(25-16(20)8-6-13-4-3-9-26-13)17(21)18-14-10-12(19(22)23)5-7-15(14)24-2/h3-11H,1-2H3,(H,18,21)/b8-6+/t11-/m1/s1. The van der Waals surface area contributed by atoms with Crippen LogP contribution in [-0.2, 0) is 14.3 Å². The minimum absolute atomic E-state index is 0.115. The van der Waals surface area contributed by atoms with Gasteiger partial charge in [-0.3, -0.25) is 14.9 Å². The molecule has 1 heterocycles. The topological polar surface area (TPSA) is 108 Å². The Kier molecular flexibility index (Phi) is 6.45. The lowest BCUT2D eigenvalue weighted by Crippen LogP contribution is -2.29. The second-order valence-electron chi connectivity index (χ2n) is 5.06. The van der Waals surface area contributed by atoms with E-state index in [0.29, 0.717) is 0 Å². The molecule has 0 spiro atoms. The van der Waals surface area contributed by atoms with Gasteiger partial charge in [-0.05, 0) is 30.5 Å². The van der Waals surface area contributed by atoms with Crippen LogP contribution in [0.4, 0.5) is 11.4 Å². The van der Waals surface area contributed by atoms with Gasteiger partial charge in [-0.25, -0.2) is 4.79 Å². The molecule has 0 aliphatic carbocycles. The maximum atomic E-state index is 12.2. The van der Waals surface area contributed by atoms with Crippen LogP contribution in [0.5, 0.6) is 5.75 Å². The number of nitrogens with one attached hydrogen (secondary N) is 1. The first-order valence-corrected chi connectivity index (χ1v) is 8.34. The predicted molar refractivity (Wildman–Crippen MR) is 97.2 cm³/mol. The monoisotopic (exact) mass is 376 g/mol. The quantitative estimate of drug-likeness (QED) is 0.344. The average molecular weight is 376 g/mol. The molecule has 8 nitrogen and oxygen atoms in total. The van der Waals surface area contributed by atoms with Crippen molar-refractivity contribution in [2.24, 2.45) is 0 Å². The van der Waals surface area contributed by atoms with Crippen molar-refractivity contribution in [2.45, 2.75) is 13.0 Å². The number of anilines is 1. The molecule has 26 heavy (non-hydrogen) atoms. The molecule has 0 saturated heterocycles. The average Bonchev–Trinajstić information content (AvgIpc) is 3.13. The number of rotatable bonds is 7. The fourth-order valence-corrected chi connectivity index (χ4v) is 2.56. The van der Waals surface area contributed by atoms with Crippen LogP contribution in [0.15, 0.2) is 41.8 Å². The lowest BCUT2D eigenvalue weighted by atomic mass is 10.2. The highest BCUT2D eigenvalue weighted by Gasteiger charge is 2.20. The Morgan fingerprint density at radius 3 is 2.73 bits per heavy atom. The van der Waals surface area contributed by atoms with Crippen LogP contribution in [0.2, 0.25) is 0 Å². The van der Waals surface area contributed by atoms with E-state index in [9.17, 15) is 19.7 Å². The number of thiophene rings is 1. The molecule has 9 heteroatoms. The summed E-state index contributed by atoms with van der Waals surface area (Å²) in [6.07, 6.45) is 1.71. The second-order valence-corrected chi connectivity index (χ2v) is 6.04. The van der Waals surface area contributed by atoms with E-state index in [2.05, 4.69) is 5.32 Å². The smallest absolute Gasteiger partial charge is 0.331 e. The van der Waals surface area contributed by atoms with Gasteiger partial charge in [-0.1, -0.05) is 6.07 Å². The summed E-state index contributed by atoms with van der Waals surface area (Å²) in [6.45, 7) is 1.40. The zero-order chi connectivity index (χ0) is 19.1. The third kappa shape index (κ3) is 5.15. The number of nitro groups is 1. The summed E-state index contributed by atoms with van der Waals surface area (Å²) in [4.78, 5) is 35.1. The van der Waals surface area contributed by atoms with Crippen molar-refractivity contribution in [1.82, 2.24) is 0 Å². The van der Waals surface area contributed by atoms with Gasteiger partial charge in [-0.15, -0.1) is 11.3 Å². The normalized spacial score (nSPS) is 11.8. The molecule has 0 radical (unpaired) electrons. The van der Waals surface area contributed by atoms with Gasteiger partial charge in [-0.2, -0.15) is 0 Å². The Balaban J connectivity index is 2.01. The fourth-order valence-electron chi connectivity index (χ4n) is 1.94. The molecule has 1 aromatic carbocycles. The van der Waals surface area contributed by atoms with E-state index in [1.54, 1.807) is 6.08 Å². The van der Waals surface area contributed by atoms with Crippen LogP contribution >= 0.6 is 11.3 Å². The number of amides is 1. The van der Waals surface area contributed by atoms with Gasteiger partial charge in [0, 0.05) is 23.1 Å². The van der Waals surface area contributed by atoms with Gasteiger partial charge in [0.1, 0.15) is 5.75 Å². The number of non-ortho nitro benzene ring substituents is 1. The number of hydrogen-bond donors (Lipinski definition) is 1. The van der Waals surface area contributed by atoms with E-state index >= 15 is 0 Å². The molecule has 2 rings (SSSR count). The van der Waals surface area contributed by atoms with E-state index in [0.717, 1.165) is 4.88 Å². The first-order chi connectivity index (χ1) is 12.4. The van der Waals surface area contributed by atoms with E-state index < -0.39 is 22.9 Å². The Hall–Kier alpha value is -3.20. The Bertz CT molecular complexity index is 832. The summed E-state index contributed by atoms with van der Waals surface area (Å²) in [6, 6.07) is 7.47. The lowest BCUT2D eigenvalue weighted by molar-refractivity contribution is -0.384. The maximum absolute atomic E-state index is 12.2. The predicted octanol–water partition coefficient (Wildman–Crippen LogP) is 3.25. The van der Waals surface area contributed by atoms with Gasteiger partial charge in [0.25, 0.3) is 11.6 Å². The van der Waals surface area contributed by atoms with Crippen molar-refractivity contribution in [3.63, 3.8) is 0 Å². The largest absolute Gasteiger partial charge is 0.495 e. The third-order valence-electron chi connectivity index (χ3n) is 3.24. The molecule has 1 atom stereocenters. The van der Waals surface area contributed by atoms with Crippen molar-refractivity contribution in [3.8, 4) is 5.75 Å². The number of esters is 1. The minimum atomic E-state index is -1.10. The molecule has 0 unspecified atom stereocenters. The van der Waals surface area contributed by atoms with Crippen LogP contribution in [0, 0.1) is 10.1 Å². The number of hydrogen-bond acceptors (Lipinski definition) is 7. The maximum Gasteiger partial charge on any atom is 0.331 e. The summed E-state index contributed by atoms with van der Waals surface area (Å²) < 4.78 is 10.1. The molecule has 2 aromatic rings. The zero-order valence-corrected chi connectivity index (χ0v) is 14.8. The number of nitrogens with zero attached hydrogens (tertiary/aromatic N) is 1. The fraction of sp³-hybridized carbons (Fsp3) is 0.176. The molecule has 0 saturated carbocycles. The summed E-state index contributed by atoms with van der Waals surface area (Å²) in [5.41, 5.74) is -0.0895. The number of benzene rings is 1. The molecular weight excluding hydrogens is 360 g/mol. The molecule has 0 fully saturated rings. The van der Waals surface area contributed by atoms with Crippen molar-refractivity contribution in [1.29, 1.82) is 0 Å². The molecule has 0 aliphatic heterocycles. The van der Waals surface area contributed by atoms with Crippen LogP contribution in [0.3, 0.4) is 0 Å². The Labute approximate surface area is 153 Å². The van der Waals surface area contributed by atoms with Crippen LogP contribution in [0.25, 0.3) is 6.08 Å². The Morgan fingerprint density at radius 2 is 2.12 bits per heavy atom. The number of carbonyl (C=O) groups excluding carboxylic acids is 2. The first kappa shape index (κ1) is 19.1. The van der Waals surface area contributed by atoms with Crippen molar-refractivity contribution in [3.05, 3.63) is 56.8 Å². The summed E-state index contributed by atoms with van der Waals surface area (Å²) in [5, 5.41) is 15.2. The molecule has 1 aromatic heterocycles. The number of methoxy groups -OCH3 is 1. The minimum Gasteiger partial charge on any atom is -0.495 e. The van der Waals surface area contributed by atoms with E-state index in [-0.39, 0.29) is 17.1 Å². The van der Waals surface area contributed by atoms with Crippen molar-refractivity contribution < 1.29 is 24.0 Å². The molecular formula is C17H16N2O6S. The molecule has 0 aliphatic rings. The van der Waals surface area contributed by atoms with Gasteiger partial charge in [0.2, 0.25) is 0 Å². The van der Waals surface area contributed by atoms with E-state index in [1.807, 2.05) is 17.5 Å². The highest BCUT2D eigenvalue weighted by atomic mass is 32.1. The third-order valence-corrected chi connectivity index (χ3v) is 4.08. The second kappa shape index (κ2) is 8.77. The molecule has 0 bridgehead atoms. The van der Waals surface area contributed by atoms with Gasteiger partial charge in [0.15, 0.2) is 6.10 Å². The van der Waals surface area contributed by atoms with Gasteiger partial charge in [0.05, 0.1) is 17.7 Å². The van der Waals surface area contributed by atoms with E-state index in [1.165, 1.54) is 49.6 Å². The summed E-state index contributed by atoms with van der Waals surface area (Å²) >= 11 is 1.46. The summed E-state index contributed by atoms with van der Waals surface area (Å²) in [5.74, 6) is -1.06. The van der Waals surface area contributed by atoms with E-state index in [4.69, 9.17) is 9.47 Å². The van der Waals surface area contributed by atoms with Crippen LogP contribution in [0.1, 0.15) is 11.8 Å². The molecule has 1 amide bonds. The number of ether oxygens (including phenoxy) is 2. The van der Waals surface area contributed by atoms with Crippen LogP contribution in [-0.4, -0.2) is 30.0 Å². The van der Waals surface area contributed by atoms with Gasteiger partial charge >= 0.3 is 5.97 Å². The Morgan fingerprint density at radius 1 is 1.35 bits per heavy atom. The van der Waals surface area contributed by atoms with Gasteiger partial charge < -0.3 is 14.8 Å². The SMILES string of the molecule is COc1ccc([N+](=O)[O-])cc1NC(=O)[C@@H](C)OC(=O)/C=C/c1cccs1.